The van der Waals surface area contributed by atoms with Crippen LogP contribution in [0.2, 0.25) is 0 Å². The Morgan fingerprint density at radius 1 is 1.52 bits per heavy atom. The van der Waals surface area contributed by atoms with Crippen molar-refractivity contribution in [3.8, 4) is 0 Å². The van der Waals surface area contributed by atoms with Gasteiger partial charge in [-0.1, -0.05) is 19.2 Å². The van der Waals surface area contributed by atoms with E-state index in [1.54, 1.807) is 0 Å². The average Bonchev–Trinajstić information content (AvgIpc) is 2.74. The Labute approximate surface area is 123 Å². The van der Waals surface area contributed by atoms with Crippen molar-refractivity contribution < 1.29 is 22.7 Å². The van der Waals surface area contributed by atoms with Gasteiger partial charge in [-0.15, -0.1) is 11.3 Å². The quantitative estimate of drug-likeness (QED) is 0.474. The number of hydrogen-bond donors (Lipinski definition) is 0. The lowest BCUT2D eigenvalue weighted by Gasteiger charge is -2.08. The Bertz CT molecular complexity index is 603. The van der Waals surface area contributed by atoms with Gasteiger partial charge >= 0.3 is 12.1 Å². The van der Waals surface area contributed by atoms with Gasteiger partial charge in [0.1, 0.15) is 17.2 Å². The molecule has 1 rings (SSSR count). The predicted octanol–water partition coefficient (Wildman–Crippen LogP) is 3.52. The molecule has 0 aliphatic carbocycles. The number of carbonyl (C=O) groups is 1. The highest BCUT2D eigenvalue weighted by atomic mass is 32.1. The smallest absolute Gasteiger partial charge is 0.427 e. The lowest BCUT2D eigenvalue weighted by Crippen LogP contribution is -2.22. The van der Waals surface area contributed by atoms with Crippen molar-refractivity contribution in [2.75, 3.05) is 6.61 Å². The number of halogens is 3. The molecule has 1 aromatic rings. The summed E-state index contributed by atoms with van der Waals surface area (Å²) in [5.41, 5.74) is -0.887. The Kier molecular flexibility index (Phi) is 5.42. The van der Waals surface area contributed by atoms with Crippen LogP contribution in [0.1, 0.15) is 22.5 Å². The average molecular weight is 318 g/mol. The number of nitrogens with zero attached hydrogens (tertiary/aromatic N) is 2. The first-order valence-corrected chi connectivity index (χ1v) is 6.55. The zero-order valence-electron chi connectivity index (χ0n) is 11.5. The highest BCUT2D eigenvalue weighted by Gasteiger charge is 2.39. The van der Waals surface area contributed by atoms with Gasteiger partial charge < -0.3 is 4.74 Å². The molecule has 114 valence electrons. The molecule has 0 unspecified atom stereocenters. The van der Waals surface area contributed by atoms with E-state index in [-0.39, 0.29) is 17.3 Å². The fourth-order valence-electron chi connectivity index (χ4n) is 1.37. The molecule has 0 N–H and O–H groups in total. The van der Waals surface area contributed by atoms with E-state index in [0.29, 0.717) is 11.3 Å². The van der Waals surface area contributed by atoms with Crippen molar-refractivity contribution in [2.24, 2.45) is 4.99 Å². The number of hydrogen-bond acceptors (Lipinski definition) is 5. The molecule has 8 heteroatoms. The predicted molar refractivity (Wildman–Crippen MR) is 74.4 cm³/mol. The first-order chi connectivity index (χ1) is 9.66. The zero-order valence-corrected chi connectivity index (χ0v) is 12.3. The molecule has 0 saturated carbocycles. The van der Waals surface area contributed by atoms with Crippen molar-refractivity contribution in [1.82, 2.24) is 4.98 Å². The maximum Gasteiger partial charge on any atom is 0.427 e. The Balaban J connectivity index is 3.38. The highest BCUT2D eigenvalue weighted by Crippen LogP contribution is 2.36. The molecule has 0 saturated heterocycles. The molecule has 1 heterocycles. The number of thiazole rings is 1. The third kappa shape index (κ3) is 4.52. The normalized spacial score (nSPS) is 12.1. The van der Waals surface area contributed by atoms with Gasteiger partial charge in [-0.05, 0) is 13.8 Å². The second-order valence-electron chi connectivity index (χ2n) is 3.99. The second kappa shape index (κ2) is 6.66. The van der Waals surface area contributed by atoms with Crippen LogP contribution in [0.4, 0.5) is 13.2 Å². The number of aromatic nitrogens is 1. The van der Waals surface area contributed by atoms with Gasteiger partial charge in [-0.3, -0.25) is 0 Å². The van der Waals surface area contributed by atoms with Crippen LogP contribution >= 0.6 is 11.3 Å². The van der Waals surface area contributed by atoms with Gasteiger partial charge in [0, 0.05) is 5.70 Å². The molecule has 0 amide bonds. The minimum atomic E-state index is -4.63. The number of ether oxygens (including phenoxy) is 1. The van der Waals surface area contributed by atoms with Crippen LogP contribution in [0.25, 0.3) is 0 Å². The van der Waals surface area contributed by atoms with Crippen molar-refractivity contribution >= 4 is 23.0 Å². The van der Waals surface area contributed by atoms with Gasteiger partial charge in [0.05, 0.1) is 5.01 Å². The first-order valence-electron chi connectivity index (χ1n) is 5.74. The molecule has 0 atom stereocenters. The molecule has 0 aliphatic rings. The lowest BCUT2D eigenvalue weighted by atomic mass is 10.2. The van der Waals surface area contributed by atoms with E-state index < -0.39 is 28.4 Å². The van der Waals surface area contributed by atoms with Crippen LogP contribution in [0.3, 0.4) is 0 Å². The molecule has 4 nitrogen and oxygen atoms in total. The van der Waals surface area contributed by atoms with E-state index in [1.807, 2.05) is 0 Å². The largest absolute Gasteiger partial charge is 0.457 e. The molecule has 0 bridgehead atoms. The number of carbonyl (C=O) groups excluding carboxylic acids is 1. The number of aryl methyl sites for hydroxylation is 1. The topological polar surface area (TPSA) is 51.5 Å². The fraction of sp³-hybridized carbons (Fsp3) is 0.308. The van der Waals surface area contributed by atoms with Gasteiger partial charge in [0.2, 0.25) is 0 Å². The summed E-state index contributed by atoms with van der Waals surface area (Å²) in [5, 5.41) is 0.170. The summed E-state index contributed by atoms with van der Waals surface area (Å²) in [6.45, 7) is 9.54. The fourth-order valence-corrected chi connectivity index (χ4v) is 2.16. The first kappa shape index (κ1) is 17.1. The van der Waals surface area contributed by atoms with Crippen molar-refractivity contribution in [2.45, 2.75) is 20.0 Å². The molecule has 0 aliphatic heterocycles. The number of esters is 1. The van der Waals surface area contributed by atoms with Crippen LogP contribution in [0, 0.1) is 6.92 Å². The molecule has 1 aromatic heterocycles. The minimum Gasteiger partial charge on any atom is -0.457 e. The molecule has 21 heavy (non-hydrogen) atoms. The summed E-state index contributed by atoms with van der Waals surface area (Å²) >= 11 is 0.443. The molecular weight excluding hydrogens is 305 g/mol. The lowest BCUT2D eigenvalue weighted by molar-refractivity contribution is -0.135. The Morgan fingerprint density at radius 3 is 2.62 bits per heavy atom. The number of allylic oxidation sites excluding steroid dienone is 1. The second-order valence-corrected chi connectivity index (χ2v) is 5.19. The third-order valence-electron chi connectivity index (χ3n) is 2.04. The van der Waals surface area contributed by atoms with Crippen LogP contribution in [0.5, 0.6) is 0 Å². The summed E-state index contributed by atoms with van der Waals surface area (Å²) in [4.78, 5) is 18.4. The van der Waals surface area contributed by atoms with Crippen molar-refractivity contribution in [3.05, 3.63) is 40.5 Å². The van der Waals surface area contributed by atoms with E-state index in [2.05, 4.69) is 23.1 Å². The maximum absolute atomic E-state index is 13.0. The number of aliphatic imine (C=N–C) groups is 1. The molecule has 0 radical (unpaired) electrons. The summed E-state index contributed by atoms with van der Waals surface area (Å²) in [7, 11) is 0. The van der Waals surface area contributed by atoms with E-state index >= 15 is 0 Å². The van der Waals surface area contributed by atoms with Gasteiger partial charge in [-0.25, -0.2) is 14.8 Å². The van der Waals surface area contributed by atoms with E-state index in [0.717, 1.165) is 0 Å². The number of rotatable bonds is 5. The molecule has 0 aromatic carbocycles. The summed E-state index contributed by atoms with van der Waals surface area (Å²) in [6, 6.07) is 0. The third-order valence-corrected chi connectivity index (χ3v) is 3.06. The van der Waals surface area contributed by atoms with Gasteiger partial charge in [-0.2, -0.15) is 13.2 Å². The minimum absolute atomic E-state index is 0.140. The van der Waals surface area contributed by atoms with Crippen molar-refractivity contribution in [3.63, 3.8) is 0 Å². The molecule has 0 spiro atoms. The van der Waals surface area contributed by atoms with Crippen LogP contribution in [-0.4, -0.2) is 23.3 Å². The summed E-state index contributed by atoms with van der Waals surface area (Å²) < 4.78 is 43.8. The van der Waals surface area contributed by atoms with E-state index in [1.165, 1.54) is 19.9 Å². The monoisotopic (exact) mass is 318 g/mol. The summed E-state index contributed by atoms with van der Waals surface area (Å²) in [6.07, 6.45) is -3.33. The summed E-state index contributed by atoms with van der Waals surface area (Å²) in [5.74, 6) is -1.01. The van der Waals surface area contributed by atoms with Crippen molar-refractivity contribution in [1.29, 1.82) is 0 Å². The van der Waals surface area contributed by atoms with Crippen LogP contribution in [0.15, 0.2) is 29.9 Å². The number of alkyl halides is 3. The van der Waals surface area contributed by atoms with E-state index in [4.69, 9.17) is 4.74 Å². The standard InChI is InChI=1S/C13H13F3N2O2S/c1-5-6-20-12(19)10(17-7(2)3)9-11(13(14,15)16)21-8(4)18-9/h5H,1-2,6H2,3-4H3. The zero-order chi connectivity index (χ0) is 16.2. The van der Waals surface area contributed by atoms with Gasteiger partial charge in [0.15, 0.2) is 5.71 Å². The van der Waals surface area contributed by atoms with E-state index in [9.17, 15) is 18.0 Å². The molecule has 0 fully saturated rings. The Hall–Kier alpha value is -1.96. The van der Waals surface area contributed by atoms with Gasteiger partial charge in [0.25, 0.3) is 0 Å². The molecular formula is C13H13F3N2O2S. The highest BCUT2D eigenvalue weighted by molar-refractivity contribution is 7.12. The van der Waals surface area contributed by atoms with Crippen LogP contribution in [-0.2, 0) is 15.7 Å². The van der Waals surface area contributed by atoms with Crippen LogP contribution < -0.4 is 0 Å². The SMILES string of the molecule is C=CCOC(=O)C(=NC(=C)C)c1nc(C)sc1C(F)(F)F. The maximum atomic E-state index is 13.0. The Morgan fingerprint density at radius 2 is 2.14 bits per heavy atom.